The fourth-order valence-electron chi connectivity index (χ4n) is 2.23. The standard InChI is InChI=1S/C17H19ClN2O5S/c1-4-19-17(21)13-10-12(6-8-15(13)24-2)26(22,23)20-11-5-7-16(25-3)14(18)9-11/h5-10,20H,4H2,1-3H3,(H,19,21). The lowest BCUT2D eigenvalue weighted by Crippen LogP contribution is -2.24. The molecule has 1 amide bonds. The third kappa shape index (κ3) is 4.39. The van der Waals surface area contributed by atoms with Crippen LogP contribution in [0.2, 0.25) is 5.02 Å². The maximum Gasteiger partial charge on any atom is 0.261 e. The van der Waals surface area contributed by atoms with Crippen LogP contribution in [0.5, 0.6) is 11.5 Å². The Kier molecular flexibility index (Phi) is 6.33. The molecule has 0 bridgehead atoms. The van der Waals surface area contributed by atoms with E-state index in [-0.39, 0.29) is 26.9 Å². The largest absolute Gasteiger partial charge is 0.496 e. The van der Waals surface area contributed by atoms with Crippen molar-refractivity contribution in [1.29, 1.82) is 0 Å². The summed E-state index contributed by atoms with van der Waals surface area (Å²) in [5.74, 6) is 0.286. The maximum atomic E-state index is 12.6. The van der Waals surface area contributed by atoms with E-state index in [9.17, 15) is 13.2 Å². The Morgan fingerprint density at radius 2 is 1.73 bits per heavy atom. The van der Waals surface area contributed by atoms with Crippen molar-refractivity contribution in [2.24, 2.45) is 0 Å². The summed E-state index contributed by atoms with van der Waals surface area (Å²) < 4.78 is 37.9. The lowest BCUT2D eigenvalue weighted by molar-refractivity contribution is 0.0952. The number of hydrogen-bond donors (Lipinski definition) is 2. The molecule has 0 fully saturated rings. The second-order valence-corrected chi connectivity index (χ2v) is 7.27. The lowest BCUT2D eigenvalue weighted by atomic mass is 10.2. The Hall–Kier alpha value is -2.45. The van der Waals surface area contributed by atoms with Gasteiger partial charge in [-0.2, -0.15) is 0 Å². The summed E-state index contributed by atoms with van der Waals surface area (Å²) in [6.45, 7) is 2.17. The predicted octanol–water partition coefficient (Wildman–Crippen LogP) is 2.91. The van der Waals surface area contributed by atoms with Crippen LogP contribution < -0.4 is 19.5 Å². The van der Waals surface area contributed by atoms with Crippen molar-refractivity contribution in [3.05, 3.63) is 47.0 Å². The third-order valence-electron chi connectivity index (χ3n) is 3.47. The highest BCUT2D eigenvalue weighted by Gasteiger charge is 2.20. The summed E-state index contributed by atoms with van der Waals surface area (Å²) in [4.78, 5) is 12.1. The molecule has 140 valence electrons. The minimum atomic E-state index is -3.93. The molecule has 0 aliphatic heterocycles. The fraction of sp³-hybridized carbons (Fsp3) is 0.235. The van der Waals surface area contributed by atoms with Gasteiger partial charge in [0.15, 0.2) is 0 Å². The van der Waals surface area contributed by atoms with E-state index in [2.05, 4.69) is 10.0 Å². The van der Waals surface area contributed by atoms with Crippen LogP contribution in [0.4, 0.5) is 5.69 Å². The molecule has 0 aromatic heterocycles. The first kappa shape index (κ1) is 19.9. The van der Waals surface area contributed by atoms with Gasteiger partial charge in [0.25, 0.3) is 15.9 Å². The molecule has 2 aromatic carbocycles. The number of anilines is 1. The van der Waals surface area contributed by atoms with Crippen molar-refractivity contribution in [1.82, 2.24) is 5.32 Å². The molecule has 0 aliphatic carbocycles. The number of hydrogen-bond acceptors (Lipinski definition) is 5. The maximum absolute atomic E-state index is 12.6. The van der Waals surface area contributed by atoms with Crippen molar-refractivity contribution in [2.75, 3.05) is 25.5 Å². The molecule has 0 aliphatic rings. The van der Waals surface area contributed by atoms with Crippen LogP contribution in [-0.4, -0.2) is 35.1 Å². The van der Waals surface area contributed by atoms with Crippen LogP contribution in [0.1, 0.15) is 17.3 Å². The van der Waals surface area contributed by atoms with Gasteiger partial charge in [0, 0.05) is 6.54 Å². The Morgan fingerprint density at radius 1 is 1.08 bits per heavy atom. The number of ether oxygens (including phenoxy) is 2. The number of benzene rings is 2. The summed E-state index contributed by atoms with van der Waals surface area (Å²) in [6, 6.07) is 8.56. The SMILES string of the molecule is CCNC(=O)c1cc(S(=O)(=O)Nc2ccc(OC)c(Cl)c2)ccc1OC. The third-order valence-corrected chi connectivity index (χ3v) is 5.14. The van der Waals surface area contributed by atoms with E-state index in [1.807, 2.05) is 0 Å². The normalized spacial score (nSPS) is 10.9. The monoisotopic (exact) mass is 398 g/mol. The van der Waals surface area contributed by atoms with E-state index in [0.29, 0.717) is 12.3 Å². The quantitative estimate of drug-likeness (QED) is 0.747. The van der Waals surface area contributed by atoms with E-state index in [1.54, 1.807) is 13.0 Å². The summed E-state index contributed by atoms with van der Waals surface area (Å²) in [5, 5.41) is 2.89. The molecule has 7 nitrogen and oxygen atoms in total. The number of nitrogens with one attached hydrogen (secondary N) is 2. The van der Waals surface area contributed by atoms with Crippen molar-refractivity contribution < 1.29 is 22.7 Å². The molecule has 0 saturated heterocycles. The molecule has 2 N–H and O–H groups in total. The molecule has 0 heterocycles. The zero-order valence-electron chi connectivity index (χ0n) is 14.5. The average molecular weight is 399 g/mol. The molecule has 0 spiro atoms. The average Bonchev–Trinajstić information content (AvgIpc) is 2.61. The molecule has 2 aromatic rings. The Bertz CT molecular complexity index is 915. The summed E-state index contributed by atoms with van der Waals surface area (Å²) in [7, 11) is -1.06. The van der Waals surface area contributed by atoms with Crippen LogP contribution in [0.15, 0.2) is 41.3 Å². The molecule has 2 rings (SSSR count). The molecular formula is C17H19ClN2O5S. The second kappa shape index (κ2) is 8.29. The number of halogens is 1. The number of amides is 1. The topological polar surface area (TPSA) is 93.7 Å². The van der Waals surface area contributed by atoms with E-state index >= 15 is 0 Å². The fourth-order valence-corrected chi connectivity index (χ4v) is 3.56. The zero-order valence-corrected chi connectivity index (χ0v) is 16.1. The van der Waals surface area contributed by atoms with Crippen molar-refractivity contribution >= 4 is 33.2 Å². The number of carbonyl (C=O) groups is 1. The van der Waals surface area contributed by atoms with E-state index < -0.39 is 15.9 Å². The van der Waals surface area contributed by atoms with Gasteiger partial charge in [0.1, 0.15) is 11.5 Å². The molecule has 9 heteroatoms. The highest BCUT2D eigenvalue weighted by Crippen LogP contribution is 2.29. The van der Waals surface area contributed by atoms with Crippen molar-refractivity contribution in [3.8, 4) is 11.5 Å². The van der Waals surface area contributed by atoms with Gasteiger partial charge >= 0.3 is 0 Å². The Balaban J connectivity index is 2.38. The van der Waals surface area contributed by atoms with Gasteiger partial charge < -0.3 is 14.8 Å². The smallest absolute Gasteiger partial charge is 0.261 e. The van der Waals surface area contributed by atoms with Gasteiger partial charge in [-0.25, -0.2) is 8.42 Å². The van der Waals surface area contributed by atoms with Gasteiger partial charge in [-0.1, -0.05) is 11.6 Å². The zero-order chi connectivity index (χ0) is 19.3. The lowest BCUT2D eigenvalue weighted by Gasteiger charge is -2.13. The van der Waals surface area contributed by atoms with Gasteiger partial charge in [-0.05, 0) is 43.3 Å². The van der Waals surface area contributed by atoms with Crippen LogP contribution >= 0.6 is 11.6 Å². The van der Waals surface area contributed by atoms with Gasteiger partial charge in [0.05, 0.1) is 35.4 Å². The number of methoxy groups -OCH3 is 2. The number of sulfonamides is 1. The molecule has 0 unspecified atom stereocenters. The number of carbonyl (C=O) groups excluding carboxylic acids is 1. The van der Waals surface area contributed by atoms with Gasteiger partial charge in [-0.3, -0.25) is 9.52 Å². The van der Waals surface area contributed by atoms with Gasteiger partial charge in [-0.15, -0.1) is 0 Å². The number of rotatable bonds is 7. The van der Waals surface area contributed by atoms with Crippen LogP contribution in [0.3, 0.4) is 0 Å². The minimum Gasteiger partial charge on any atom is -0.496 e. The van der Waals surface area contributed by atoms with Gasteiger partial charge in [0.2, 0.25) is 0 Å². The van der Waals surface area contributed by atoms with Crippen molar-refractivity contribution in [2.45, 2.75) is 11.8 Å². The molecule has 0 atom stereocenters. The van der Waals surface area contributed by atoms with Crippen molar-refractivity contribution in [3.63, 3.8) is 0 Å². The second-order valence-electron chi connectivity index (χ2n) is 5.18. The first-order valence-corrected chi connectivity index (χ1v) is 9.51. The first-order valence-electron chi connectivity index (χ1n) is 7.65. The Morgan fingerprint density at radius 3 is 2.31 bits per heavy atom. The molecular weight excluding hydrogens is 380 g/mol. The first-order chi connectivity index (χ1) is 12.3. The highest BCUT2D eigenvalue weighted by atomic mass is 35.5. The summed E-state index contributed by atoms with van der Waals surface area (Å²) in [6.07, 6.45) is 0. The molecule has 26 heavy (non-hydrogen) atoms. The predicted molar refractivity (Wildman–Crippen MR) is 99.8 cm³/mol. The van der Waals surface area contributed by atoms with E-state index in [1.165, 1.54) is 44.6 Å². The summed E-state index contributed by atoms with van der Waals surface area (Å²) >= 11 is 6.02. The van der Waals surface area contributed by atoms with E-state index in [0.717, 1.165) is 0 Å². The van der Waals surface area contributed by atoms with Crippen LogP contribution in [0.25, 0.3) is 0 Å². The Labute approximate surface area is 157 Å². The minimum absolute atomic E-state index is 0.0773. The van der Waals surface area contributed by atoms with Crippen LogP contribution in [0, 0.1) is 0 Å². The summed E-state index contributed by atoms with van der Waals surface area (Å²) in [5.41, 5.74) is 0.399. The highest BCUT2D eigenvalue weighted by molar-refractivity contribution is 7.92. The van der Waals surface area contributed by atoms with Crippen LogP contribution in [-0.2, 0) is 10.0 Å². The molecule has 0 radical (unpaired) electrons. The molecule has 0 saturated carbocycles. The van der Waals surface area contributed by atoms with E-state index in [4.69, 9.17) is 21.1 Å².